The quantitative estimate of drug-likeness (QED) is 0.891. The fourth-order valence-corrected chi connectivity index (χ4v) is 2.49. The fraction of sp³-hybridized carbons (Fsp3) is 0.533. The molecule has 3 heteroatoms. The third-order valence-electron chi connectivity index (χ3n) is 3.63. The average molecular weight is 247 g/mol. The Balaban J connectivity index is 2.20. The van der Waals surface area contributed by atoms with Crippen LogP contribution in [0.5, 0.6) is 0 Å². The van der Waals surface area contributed by atoms with E-state index in [1.54, 1.807) is 6.92 Å². The molecule has 0 radical (unpaired) electrons. The topological polar surface area (TPSA) is 40.5 Å². The van der Waals surface area contributed by atoms with Gasteiger partial charge >= 0.3 is 0 Å². The lowest BCUT2D eigenvalue weighted by atomic mass is 9.94. The first-order valence-corrected chi connectivity index (χ1v) is 6.67. The Kier molecular flexibility index (Phi) is 4.02. The maximum Gasteiger partial charge on any atom is 0.219 e. The summed E-state index contributed by atoms with van der Waals surface area (Å²) in [5, 5.41) is 10.0. The van der Waals surface area contributed by atoms with Crippen molar-refractivity contribution < 1.29 is 9.90 Å². The van der Waals surface area contributed by atoms with Crippen molar-refractivity contribution in [2.24, 2.45) is 0 Å². The van der Waals surface area contributed by atoms with Crippen molar-refractivity contribution in [3.8, 4) is 0 Å². The highest BCUT2D eigenvalue weighted by Crippen LogP contribution is 2.25. The number of hydrogen-bond acceptors (Lipinski definition) is 2. The van der Waals surface area contributed by atoms with E-state index >= 15 is 0 Å². The van der Waals surface area contributed by atoms with Crippen molar-refractivity contribution in [3.05, 3.63) is 34.9 Å². The molecule has 0 spiro atoms. The lowest BCUT2D eigenvalue weighted by Crippen LogP contribution is -2.34. The maximum absolute atomic E-state index is 11.4. The number of amides is 1. The van der Waals surface area contributed by atoms with Gasteiger partial charge in [0.05, 0.1) is 6.10 Å². The lowest BCUT2D eigenvalue weighted by Gasteiger charge is -2.28. The SMILES string of the molecule is CCCC(O)c1ccc2c(c1)CN(C(C)=O)CC2. The van der Waals surface area contributed by atoms with Crippen LogP contribution in [0.25, 0.3) is 0 Å². The standard InChI is InChI=1S/C15H21NO2/c1-3-4-15(18)13-6-5-12-7-8-16(11(2)17)10-14(12)9-13/h5-6,9,15,18H,3-4,7-8,10H2,1-2H3. The van der Waals surface area contributed by atoms with Gasteiger partial charge in [-0.2, -0.15) is 0 Å². The molecule has 0 fully saturated rings. The zero-order chi connectivity index (χ0) is 13.1. The smallest absolute Gasteiger partial charge is 0.219 e. The summed E-state index contributed by atoms with van der Waals surface area (Å²) in [6, 6.07) is 6.17. The summed E-state index contributed by atoms with van der Waals surface area (Å²) in [4.78, 5) is 13.3. The maximum atomic E-state index is 11.4. The number of aliphatic hydroxyl groups excluding tert-OH is 1. The van der Waals surface area contributed by atoms with Crippen LogP contribution in [0.15, 0.2) is 18.2 Å². The summed E-state index contributed by atoms with van der Waals surface area (Å²) >= 11 is 0. The van der Waals surface area contributed by atoms with Crippen molar-refractivity contribution >= 4 is 5.91 Å². The third-order valence-corrected chi connectivity index (χ3v) is 3.63. The van der Waals surface area contributed by atoms with E-state index in [4.69, 9.17) is 0 Å². The number of hydrogen-bond donors (Lipinski definition) is 1. The Morgan fingerprint density at radius 1 is 1.44 bits per heavy atom. The summed E-state index contributed by atoms with van der Waals surface area (Å²) in [5.41, 5.74) is 3.46. The molecule has 1 aliphatic rings. The molecule has 18 heavy (non-hydrogen) atoms. The van der Waals surface area contributed by atoms with Gasteiger partial charge < -0.3 is 10.0 Å². The van der Waals surface area contributed by atoms with Gasteiger partial charge in [-0.1, -0.05) is 31.5 Å². The first-order valence-electron chi connectivity index (χ1n) is 6.67. The van der Waals surface area contributed by atoms with Crippen LogP contribution < -0.4 is 0 Å². The molecule has 1 atom stereocenters. The molecule has 3 nitrogen and oxygen atoms in total. The van der Waals surface area contributed by atoms with Crippen molar-refractivity contribution in [1.29, 1.82) is 0 Å². The minimum absolute atomic E-state index is 0.125. The van der Waals surface area contributed by atoms with Gasteiger partial charge in [0, 0.05) is 20.0 Å². The largest absolute Gasteiger partial charge is 0.388 e. The van der Waals surface area contributed by atoms with Gasteiger partial charge in [0.1, 0.15) is 0 Å². The highest BCUT2D eigenvalue weighted by Gasteiger charge is 2.19. The van der Waals surface area contributed by atoms with Gasteiger partial charge in [0.2, 0.25) is 5.91 Å². The summed E-state index contributed by atoms with van der Waals surface area (Å²) in [7, 11) is 0. The zero-order valence-electron chi connectivity index (χ0n) is 11.1. The van der Waals surface area contributed by atoms with E-state index in [1.165, 1.54) is 11.1 Å². The number of benzene rings is 1. The van der Waals surface area contributed by atoms with Crippen molar-refractivity contribution in [2.75, 3.05) is 6.54 Å². The van der Waals surface area contributed by atoms with Gasteiger partial charge in [-0.15, -0.1) is 0 Å². The number of carbonyl (C=O) groups is 1. The molecular weight excluding hydrogens is 226 g/mol. The molecule has 1 unspecified atom stereocenters. The number of nitrogens with zero attached hydrogens (tertiary/aromatic N) is 1. The fourth-order valence-electron chi connectivity index (χ4n) is 2.49. The van der Waals surface area contributed by atoms with Gasteiger partial charge in [0.15, 0.2) is 0 Å². The molecule has 0 bridgehead atoms. The van der Waals surface area contributed by atoms with Crippen LogP contribution in [0.2, 0.25) is 0 Å². The molecule has 1 heterocycles. The molecule has 0 aliphatic carbocycles. The Morgan fingerprint density at radius 2 is 2.22 bits per heavy atom. The molecule has 1 aromatic carbocycles. The third kappa shape index (κ3) is 2.72. The highest BCUT2D eigenvalue weighted by molar-refractivity contribution is 5.73. The average Bonchev–Trinajstić information content (AvgIpc) is 2.37. The van der Waals surface area contributed by atoms with E-state index in [2.05, 4.69) is 19.1 Å². The van der Waals surface area contributed by atoms with Crippen LogP contribution in [-0.2, 0) is 17.8 Å². The minimum Gasteiger partial charge on any atom is -0.388 e. The Bertz CT molecular complexity index is 442. The number of carbonyl (C=O) groups excluding carboxylic acids is 1. The monoisotopic (exact) mass is 247 g/mol. The molecule has 0 saturated carbocycles. The Morgan fingerprint density at radius 3 is 2.89 bits per heavy atom. The van der Waals surface area contributed by atoms with E-state index in [0.29, 0.717) is 6.54 Å². The normalized spacial score (nSPS) is 16.3. The number of fused-ring (bicyclic) bond motifs is 1. The summed E-state index contributed by atoms with van der Waals surface area (Å²) in [6.07, 6.45) is 2.29. The molecule has 0 saturated heterocycles. The Labute approximate surface area is 108 Å². The second-order valence-electron chi connectivity index (χ2n) is 5.02. The van der Waals surface area contributed by atoms with E-state index in [1.807, 2.05) is 11.0 Å². The molecule has 1 N–H and O–H groups in total. The van der Waals surface area contributed by atoms with Crippen LogP contribution in [0.4, 0.5) is 0 Å². The molecule has 2 rings (SSSR count). The van der Waals surface area contributed by atoms with Crippen LogP contribution >= 0.6 is 0 Å². The predicted octanol–water partition coefficient (Wildman–Crippen LogP) is 2.42. The van der Waals surface area contributed by atoms with Crippen molar-refractivity contribution in [2.45, 2.75) is 45.8 Å². The van der Waals surface area contributed by atoms with Gasteiger partial charge in [-0.25, -0.2) is 0 Å². The van der Waals surface area contributed by atoms with Gasteiger partial charge in [-0.3, -0.25) is 4.79 Å². The van der Waals surface area contributed by atoms with Crippen molar-refractivity contribution in [1.82, 2.24) is 4.90 Å². The summed E-state index contributed by atoms with van der Waals surface area (Å²) < 4.78 is 0. The van der Waals surface area contributed by atoms with Crippen molar-refractivity contribution in [3.63, 3.8) is 0 Å². The lowest BCUT2D eigenvalue weighted by molar-refractivity contribution is -0.129. The molecule has 98 valence electrons. The first kappa shape index (κ1) is 13.1. The number of aliphatic hydroxyl groups is 1. The van der Waals surface area contributed by atoms with Crippen LogP contribution in [-0.4, -0.2) is 22.5 Å². The number of rotatable bonds is 3. The molecular formula is C15H21NO2. The molecule has 1 aliphatic heterocycles. The van der Waals surface area contributed by atoms with Gasteiger partial charge in [-0.05, 0) is 29.5 Å². The van der Waals surface area contributed by atoms with E-state index < -0.39 is 0 Å². The molecule has 1 amide bonds. The molecule has 1 aromatic rings. The van der Waals surface area contributed by atoms with E-state index in [-0.39, 0.29) is 12.0 Å². The van der Waals surface area contributed by atoms with Crippen LogP contribution in [0.1, 0.15) is 49.5 Å². The molecule has 0 aromatic heterocycles. The minimum atomic E-state index is -0.381. The van der Waals surface area contributed by atoms with E-state index in [9.17, 15) is 9.90 Å². The predicted molar refractivity (Wildman–Crippen MR) is 71.1 cm³/mol. The zero-order valence-corrected chi connectivity index (χ0v) is 11.1. The highest BCUT2D eigenvalue weighted by atomic mass is 16.3. The Hall–Kier alpha value is -1.35. The summed E-state index contributed by atoms with van der Waals surface area (Å²) in [5.74, 6) is 0.125. The second kappa shape index (κ2) is 5.53. The second-order valence-corrected chi connectivity index (χ2v) is 5.02. The van der Waals surface area contributed by atoms with E-state index in [0.717, 1.165) is 31.4 Å². The van der Waals surface area contributed by atoms with Crippen LogP contribution in [0.3, 0.4) is 0 Å². The first-order chi connectivity index (χ1) is 8.61. The summed E-state index contributed by atoms with van der Waals surface area (Å²) in [6.45, 7) is 5.16. The van der Waals surface area contributed by atoms with Gasteiger partial charge in [0.25, 0.3) is 0 Å². The van der Waals surface area contributed by atoms with Crippen LogP contribution in [0, 0.1) is 0 Å².